The number of amides is 1. The van der Waals surface area contributed by atoms with Crippen LogP contribution in [0, 0.1) is 0 Å². The summed E-state index contributed by atoms with van der Waals surface area (Å²) in [4.78, 5) is 19.5. The van der Waals surface area contributed by atoms with Crippen LogP contribution < -0.4 is 10.6 Å². The summed E-state index contributed by atoms with van der Waals surface area (Å²) in [5.74, 6) is 0.477. The number of carbonyl (C=O) groups is 1. The van der Waals surface area contributed by atoms with Gasteiger partial charge in [-0.25, -0.2) is 4.98 Å². The van der Waals surface area contributed by atoms with E-state index in [4.69, 9.17) is 0 Å². The van der Waals surface area contributed by atoms with Crippen molar-refractivity contribution in [1.29, 1.82) is 0 Å². The lowest BCUT2D eigenvalue weighted by molar-refractivity contribution is 0.0958. The number of aryl methyl sites for hydroxylation is 1. The highest BCUT2D eigenvalue weighted by Gasteiger charge is 2.05. The second-order valence-corrected chi connectivity index (χ2v) is 3.70. The molecule has 0 atom stereocenters. The van der Waals surface area contributed by atoms with Crippen molar-refractivity contribution in [2.45, 2.75) is 6.54 Å². The van der Waals surface area contributed by atoms with Crippen LogP contribution in [0.4, 0.5) is 5.69 Å². The number of anilines is 1. The molecule has 0 radical (unpaired) electrons. The Hall–Kier alpha value is -2.44. The lowest BCUT2D eigenvalue weighted by Crippen LogP contribution is -2.19. The third kappa shape index (κ3) is 2.82. The van der Waals surface area contributed by atoms with E-state index in [-0.39, 0.29) is 5.91 Å². The zero-order chi connectivity index (χ0) is 13.0. The molecule has 0 fully saturated rings. The van der Waals surface area contributed by atoms with Crippen LogP contribution in [0.25, 0.3) is 0 Å². The van der Waals surface area contributed by atoms with Gasteiger partial charge in [-0.15, -0.1) is 0 Å². The maximum atomic E-state index is 11.4. The molecule has 7 heteroatoms. The summed E-state index contributed by atoms with van der Waals surface area (Å²) < 4.78 is 1.64. The summed E-state index contributed by atoms with van der Waals surface area (Å²) in [6, 6.07) is 3.47. The number of pyridine rings is 1. The largest absolute Gasteiger partial charge is 0.378 e. The molecule has 94 valence electrons. The predicted molar refractivity (Wildman–Crippen MR) is 66.0 cm³/mol. The SMILES string of the molecule is CNC(=O)c1cc(NCc2ncn(C)n2)ccn1. The minimum absolute atomic E-state index is 0.213. The van der Waals surface area contributed by atoms with E-state index >= 15 is 0 Å². The van der Waals surface area contributed by atoms with Gasteiger partial charge in [0.05, 0.1) is 6.54 Å². The Morgan fingerprint density at radius 3 is 2.94 bits per heavy atom. The third-order valence-corrected chi connectivity index (χ3v) is 2.32. The Kier molecular flexibility index (Phi) is 3.52. The summed E-state index contributed by atoms with van der Waals surface area (Å²) >= 11 is 0. The second kappa shape index (κ2) is 5.26. The van der Waals surface area contributed by atoms with Crippen molar-refractivity contribution < 1.29 is 4.79 Å². The normalized spacial score (nSPS) is 10.1. The third-order valence-electron chi connectivity index (χ3n) is 2.32. The summed E-state index contributed by atoms with van der Waals surface area (Å²) in [6.45, 7) is 0.498. The fourth-order valence-electron chi connectivity index (χ4n) is 1.44. The van der Waals surface area contributed by atoms with Crippen LogP contribution in [0.3, 0.4) is 0 Å². The standard InChI is InChI=1S/C11H14N6O/c1-12-11(18)9-5-8(3-4-13-9)14-6-10-15-7-17(2)16-10/h3-5,7H,6H2,1-2H3,(H,12,18)(H,13,14). The maximum Gasteiger partial charge on any atom is 0.269 e. The number of nitrogens with zero attached hydrogens (tertiary/aromatic N) is 4. The number of nitrogens with one attached hydrogen (secondary N) is 2. The summed E-state index contributed by atoms with van der Waals surface area (Å²) in [5, 5.41) is 9.81. The van der Waals surface area contributed by atoms with Crippen molar-refractivity contribution in [2.24, 2.45) is 7.05 Å². The van der Waals surface area contributed by atoms with Gasteiger partial charge in [-0.2, -0.15) is 5.10 Å². The molecular formula is C11H14N6O. The number of carbonyl (C=O) groups excluding carboxylic acids is 1. The highest BCUT2D eigenvalue weighted by molar-refractivity contribution is 5.92. The first kappa shape index (κ1) is 12.0. The quantitative estimate of drug-likeness (QED) is 0.804. The van der Waals surface area contributed by atoms with E-state index in [9.17, 15) is 4.79 Å². The van der Waals surface area contributed by atoms with Crippen LogP contribution in [0.1, 0.15) is 16.3 Å². The molecule has 0 saturated carbocycles. The van der Waals surface area contributed by atoms with Gasteiger partial charge in [0.2, 0.25) is 0 Å². The number of aromatic nitrogens is 4. The predicted octanol–water partition coefficient (Wildman–Crippen LogP) is 0.182. The molecular weight excluding hydrogens is 232 g/mol. The van der Waals surface area contributed by atoms with E-state index in [1.807, 2.05) is 7.05 Å². The van der Waals surface area contributed by atoms with Gasteiger partial charge in [0.25, 0.3) is 5.91 Å². The van der Waals surface area contributed by atoms with Crippen LogP contribution in [0.5, 0.6) is 0 Å². The van der Waals surface area contributed by atoms with E-state index < -0.39 is 0 Å². The van der Waals surface area contributed by atoms with Crippen molar-refractivity contribution in [3.63, 3.8) is 0 Å². The molecule has 18 heavy (non-hydrogen) atoms. The molecule has 2 rings (SSSR count). The van der Waals surface area contributed by atoms with Gasteiger partial charge >= 0.3 is 0 Å². The molecule has 7 nitrogen and oxygen atoms in total. The molecule has 2 aromatic rings. The van der Waals surface area contributed by atoms with Crippen LogP contribution >= 0.6 is 0 Å². The van der Waals surface area contributed by atoms with E-state index in [1.165, 1.54) is 0 Å². The van der Waals surface area contributed by atoms with E-state index in [2.05, 4.69) is 25.7 Å². The summed E-state index contributed by atoms with van der Waals surface area (Å²) in [5.41, 5.74) is 1.17. The van der Waals surface area contributed by atoms with Crippen molar-refractivity contribution >= 4 is 11.6 Å². The van der Waals surface area contributed by atoms with Crippen LogP contribution in [-0.2, 0) is 13.6 Å². The number of hydrogen-bond donors (Lipinski definition) is 2. The monoisotopic (exact) mass is 246 g/mol. The molecule has 0 aromatic carbocycles. The number of rotatable bonds is 4. The van der Waals surface area contributed by atoms with E-state index in [1.54, 1.807) is 36.4 Å². The Bertz CT molecular complexity index is 550. The fourth-order valence-corrected chi connectivity index (χ4v) is 1.44. The Labute approximate surface area is 104 Å². The molecule has 2 N–H and O–H groups in total. The second-order valence-electron chi connectivity index (χ2n) is 3.70. The molecule has 0 aliphatic carbocycles. The Balaban J connectivity index is 2.03. The maximum absolute atomic E-state index is 11.4. The molecule has 0 aliphatic heterocycles. The molecule has 0 spiro atoms. The average molecular weight is 246 g/mol. The number of hydrogen-bond acceptors (Lipinski definition) is 5. The highest BCUT2D eigenvalue weighted by atomic mass is 16.1. The average Bonchev–Trinajstić information content (AvgIpc) is 2.81. The summed E-state index contributed by atoms with van der Waals surface area (Å²) in [7, 11) is 3.38. The van der Waals surface area contributed by atoms with E-state index in [0.29, 0.717) is 18.1 Å². The van der Waals surface area contributed by atoms with Gasteiger partial charge in [0, 0.05) is 26.0 Å². The zero-order valence-corrected chi connectivity index (χ0v) is 10.2. The topological polar surface area (TPSA) is 84.7 Å². The smallest absolute Gasteiger partial charge is 0.269 e. The first-order valence-electron chi connectivity index (χ1n) is 5.45. The zero-order valence-electron chi connectivity index (χ0n) is 10.2. The van der Waals surface area contributed by atoms with Gasteiger partial charge in [0.1, 0.15) is 12.0 Å². The molecule has 2 aromatic heterocycles. The van der Waals surface area contributed by atoms with Gasteiger partial charge in [-0.05, 0) is 12.1 Å². The summed E-state index contributed by atoms with van der Waals surface area (Å²) in [6.07, 6.45) is 3.22. The lowest BCUT2D eigenvalue weighted by Gasteiger charge is -2.05. The van der Waals surface area contributed by atoms with Crippen LogP contribution in [0.15, 0.2) is 24.7 Å². The van der Waals surface area contributed by atoms with Gasteiger partial charge in [-0.1, -0.05) is 0 Å². The van der Waals surface area contributed by atoms with Crippen LogP contribution in [-0.4, -0.2) is 32.7 Å². The van der Waals surface area contributed by atoms with Gasteiger partial charge in [0.15, 0.2) is 5.82 Å². The fraction of sp³-hybridized carbons (Fsp3) is 0.273. The molecule has 1 amide bonds. The van der Waals surface area contributed by atoms with Crippen molar-refractivity contribution in [1.82, 2.24) is 25.1 Å². The first-order valence-corrected chi connectivity index (χ1v) is 5.45. The molecule has 0 unspecified atom stereocenters. The van der Waals surface area contributed by atoms with Gasteiger partial charge in [-0.3, -0.25) is 14.5 Å². The Morgan fingerprint density at radius 1 is 1.44 bits per heavy atom. The minimum Gasteiger partial charge on any atom is -0.378 e. The molecule has 0 bridgehead atoms. The molecule has 0 saturated heterocycles. The van der Waals surface area contributed by atoms with E-state index in [0.717, 1.165) is 5.69 Å². The molecule has 0 aliphatic rings. The molecule has 2 heterocycles. The lowest BCUT2D eigenvalue weighted by atomic mass is 10.3. The minimum atomic E-state index is -0.213. The van der Waals surface area contributed by atoms with Crippen molar-refractivity contribution in [2.75, 3.05) is 12.4 Å². The van der Waals surface area contributed by atoms with Crippen molar-refractivity contribution in [3.8, 4) is 0 Å². The van der Waals surface area contributed by atoms with Crippen molar-refractivity contribution in [3.05, 3.63) is 36.2 Å². The Morgan fingerprint density at radius 2 is 2.28 bits per heavy atom. The highest BCUT2D eigenvalue weighted by Crippen LogP contribution is 2.08. The van der Waals surface area contributed by atoms with Gasteiger partial charge < -0.3 is 10.6 Å². The first-order chi connectivity index (χ1) is 8.69. The van der Waals surface area contributed by atoms with Crippen LogP contribution in [0.2, 0.25) is 0 Å².